The Balaban J connectivity index is 2.88. The van der Waals surface area contributed by atoms with E-state index in [0.717, 1.165) is 0 Å². The fourth-order valence-electron chi connectivity index (χ4n) is 2.60. The summed E-state index contributed by atoms with van der Waals surface area (Å²) in [5.74, 6) is -0.950. The zero-order valence-electron chi connectivity index (χ0n) is 12.2. The molecule has 2 atom stereocenters. The first kappa shape index (κ1) is 16.2. The van der Waals surface area contributed by atoms with Crippen molar-refractivity contribution in [2.24, 2.45) is 0 Å². The zero-order valence-corrected chi connectivity index (χ0v) is 12.2. The molecule has 6 heteroatoms. The maximum absolute atomic E-state index is 11.9. The van der Waals surface area contributed by atoms with Crippen molar-refractivity contribution in [3.05, 3.63) is 12.7 Å². The molecule has 0 N–H and O–H groups in total. The molecule has 6 nitrogen and oxygen atoms in total. The van der Waals surface area contributed by atoms with E-state index in [4.69, 9.17) is 9.47 Å². The number of hydrogen-bond donors (Lipinski definition) is 0. The molecule has 1 heterocycles. The van der Waals surface area contributed by atoms with Gasteiger partial charge in [0, 0.05) is 20.8 Å². The van der Waals surface area contributed by atoms with Crippen molar-refractivity contribution in [3.8, 4) is 0 Å². The second-order valence-corrected chi connectivity index (χ2v) is 4.97. The predicted octanol–water partition coefficient (Wildman–Crippen LogP) is 1.05. The molecule has 0 saturated carbocycles. The van der Waals surface area contributed by atoms with Gasteiger partial charge < -0.3 is 14.4 Å². The Morgan fingerprint density at radius 1 is 1.25 bits per heavy atom. The summed E-state index contributed by atoms with van der Waals surface area (Å²) < 4.78 is 10.1. The van der Waals surface area contributed by atoms with Crippen LogP contribution in [0.5, 0.6) is 0 Å². The largest absolute Gasteiger partial charge is 0.464 e. The SMILES string of the molecule is C=C[C@@]1(COC(C)=O)CC[C@H](COC(C)=O)N1C(C)=O. The summed E-state index contributed by atoms with van der Waals surface area (Å²) in [5.41, 5.74) is -0.720. The van der Waals surface area contributed by atoms with Crippen molar-refractivity contribution in [3.63, 3.8) is 0 Å². The van der Waals surface area contributed by atoms with E-state index >= 15 is 0 Å². The van der Waals surface area contributed by atoms with Crippen molar-refractivity contribution >= 4 is 17.8 Å². The van der Waals surface area contributed by atoms with E-state index in [1.165, 1.54) is 20.8 Å². The standard InChI is InChI=1S/C14H21NO5/c1-5-14(9-20-12(4)18)7-6-13(8-19-11(3)17)15(14)10(2)16/h5,13H,1,6-9H2,2-4H3/t13-,14+/m1/s1. The normalized spacial score (nSPS) is 25.1. The second kappa shape index (κ2) is 6.54. The van der Waals surface area contributed by atoms with E-state index in [9.17, 15) is 14.4 Å². The van der Waals surface area contributed by atoms with E-state index in [2.05, 4.69) is 6.58 Å². The van der Waals surface area contributed by atoms with Gasteiger partial charge in [0.1, 0.15) is 13.2 Å². The van der Waals surface area contributed by atoms with Crippen LogP contribution < -0.4 is 0 Å². The monoisotopic (exact) mass is 283 g/mol. The number of amides is 1. The van der Waals surface area contributed by atoms with Gasteiger partial charge in [0.15, 0.2) is 0 Å². The third-order valence-corrected chi connectivity index (χ3v) is 3.48. The lowest BCUT2D eigenvalue weighted by Crippen LogP contribution is -2.52. The summed E-state index contributed by atoms with van der Waals surface area (Å²) in [6, 6.07) is -0.218. The summed E-state index contributed by atoms with van der Waals surface area (Å²) >= 11 is 0. The van der Waals surface area contributed by atoms with Gasteiger partial charge in [-0.25, -0.2) is 0 Å². The Bertz CT molecular complexity index is 420. The highest BCUT2D eigenvalue weighted by Crippen LogP contribution is 2.35. The maximum atomic E-state index is 11.9. The molecular formula is C14H21NO5. The van der Waals surface area contributed by atoms with E-state index in [0.29, 0.717) is 12.8 Å². The van der Waals surface area contributed by atoms with Gasteiger partial charge in [-0.15, -0.1) is 6.58 Å². The van der Waals surface area contributed by atoms with Gasteiger partial charge in [0.2, 0.25) is 5.91 Å². The number of likely N-dealkylation sites (tertiary alicyclic amines) is 1. The number of ether oxygens (including phenoxy) is 2. The minimum atomic E-state index is -0.720. The van der Waals surface area contributed by atoms with Gasteiger partial charge in [0.25, 0.3) is 0 Å². The Kier molecular flexibility index (Phi) is 5.30. The van der Waals surface area contributed by atoms with Crippen LogP contribution in [0.15, 0.2) is 12.7 Å². The van der Waals surface area contributed by atoms with Gasteiger partial charge in [-0.2, -0.15) is 0 Å². The molecule has 0 aromatic heterocycles. The third-order valence-electron chi connectivity index (χ3n) is 3.48. The minimum absolute atomic E-state index is 0.0714. The average Bonchev–Trinajstić information content (AvgIpc) is 2.73. The fraction of sp³-hybridized carbons (Fsp3) is 0.643. The molecule has 1 rings (SSSR count). The Morgan fingerprint density at radius 2 is 1.85 bits per heavy atom. The number of rotatable bonds is 5. The molecule has 1 aliphatic rings. The van der Waals surface area contributed by atoms with Gasteiger partial charge >= 0.3 is 11.9 Å². The Morgan fingerprint density at radius 3 is 2.30 bits per heavy atom. The summed E-state index contributed by atoms with van der Waals surface area (Å²) in [5, 5.41) is 0. The molecular weight excluding hydrogens is 262 g/mol. The van der Waals surface area contributed by atoms with Gasteiger partial charge in [-0.3, -0.25) is 14.4 Å². The van der Waals surface area contributed by atoms with Crippen LogP contribution in [0.3, 0.4) is 0 Å². The molecule has 0 spiro atoms. The summed E-state index contributed by atoms with van der Waals surface area (Å²) in [6.07, 6.45) is 2.92. The van der Waals surface area contributed by atoms with Crippen LogP contribution in [0.25, 0.3) is 0 Å². The lowest BCUT2D eigenvalue weighted by atomic mass is 9.97. The maximum Gasteiger partial charge on any atom is 0.302 e. The molecule has 0 radical (unpaired) electrons. The first-order valence-corrected chi connectivity index (χ1v) is 6.52. The van der Waals surface area contributed by atoms with Crippen LogP contribution in [0.2, 0.25) is 0 Å². The average molecular weight is 283 g/mol. The third kappa shape index (κ3) is 3.59. The van der Waals surface area contributed by atoms with E-state index in [1.54, 1.807) is 11.0 Å². The number of hydrogen-bond acceptors (Lipinski definition) is 5. The molecule has 1 saturated heterocycles. The number of carbonyl (C=O) groups is 3. The number of esters is 2. The first-order valence-electron chi connectivity index (χ1n) is 6.52. The Hall–Kier alpha value is -1.85. The first-order chi connectivity index (χ1) is 9.32. The molecule has 20 heavy (non-hydrogen) atoms. The minimum Gasteiger partial charge on any atom is -0.464 e. The van der Waals surface area contributed by atoms with E-state index in [1.807, 2.05) is 0 Å². The van der Waals surface area contributed by atoms with Gasteiger partial charge in [0.05, 0.1) is 11.6 Å². The van der Waals surface area contributed by atoms with Crippen LogP contribution in [0.1, 0.15) is 33.6 Å². The highest BCUT2D eigenvalue weighted by molar-refractivity contribution is 5.76. The predicted molar refractivity (Wildman–Crippen MR) is 71.7 cm³/mol. The second-order valence-electron chi connectivity index (χ2n) is 4.97. The molecule has 0 aromatic carbocycles. The lowest BCUT2D eigenvalue weighted by molar-refractivity contribution is -0.151. The van der Waals surface area contributed by atoms with Crippen LogP contribution in [0, 0.1) is 0 Å². The van der Waals surface area contributed by atoms with Crippen LogP contribution >= 0.6 is 0 Å². The van der Waals surface area contributed by atoms with Crippen LogP contribution in [0.4, 0.5) is 0 Å². The summed E-state index contributed by atoms with van der Waals surface area (Å²) in [4.78, 5) is 35.4. The molecule has 0 unspecified atom stereocenters. The number of carbonyl (C=O) groups excluding carboxylic acids is 3. The van der Waals surface area contributed by atoms with Gasteiger partial charge in [-0.05, 0) is 12.8 Å². The van der Waals surface area contributed by atoms with Crippen molar-refractivity contribution < 1.29 is 23.9 Å². The quantitative estimate of drug-likeness (QED) is 0.557. The zero-order chi connectivity index (χ0) is 15.3. The molecule has 1 amide bonds. The van der Waals surface area contributed by atoms with Crippen molar-refractivity contribution in [1.29, 1.82) is 0 Å². The topological polar surface area (TPSA) is 72.9 Å². The summed E-state index contributed by atoms with van der Waals surface area (Å²) in [7, 11) is 0. The molecule has 1 fully saturated rings. The van der Waals surface area contributed by atoms with E-state index < -0.39 is 11.5 Å². The van der Waals surface area contributed by atoms with E-state index in [-0.39, 0.29) is 31.1 Å². The summed E-state index contributed by atoms with van der Waals surface area (Å²) in [6.45, 7) is 8.07. The van der Waals surface area contributed by atoms with Crippen molar-refractivity contribution in [2.45, 2.75) is 45.2 Å². The molecule has 0 aliphatic carbocycles. The fourth-order valence-corrected chi connectivity index (χ4v) is 2.60. The lowest BCUT2D eigenvalue weighted by Gasteiger charge is -2.37. The van der Waals surface area contributed by atoms with Crippen LogP contribution in [-0.2, 0) is 23.9 Å². The number of nitrogens with zero attached hydrogens (tertiary/aromatic N) is 1. The Labute approximate surface area is 118 Å². The highest BCUT2D eigenvalue weighted by atomic mass is 16.5. The molecule has 1 aliphatic heterocycles. The molecule has 0 aromatic rings. The molecule has 0 bridgehead atoms. The van der Waals surface area contributed by atoms with Crippen molar-refractivity contribution in [2.75, 3.05) is 13.2 Å². The van der Waals surface area contributed by atoms with Crippen LogP contribution in [-0.4, -0.2) is 47.5 Å². The highest BCUT2D eigenvalue weighted by Gasteiger charge is 2.47. The van der Waals surface area contributed by atoms with Gasteiger partial charge in [-0.1, -0.05) is 6.08 Å². The van der Waals surface area contributed by atoms with Crippen molar-refractivity contribution in [1.82, 2.24) is 4.90 Å². The smallest absolute Gasteiger partial charge is 0.302 e. The molecule has 112 valence electrons.